The molecule has 6 rings (SSSR count). The monoisotopic (exact) mass is 286 g/mol. The highest BCUT2D eigenvalue weighted by atomic mass is 16.5. The van der Waals surface area contributed by atoms with Gasteiger partial charge in [0.15, 0.2) is 0 Å². The molecule has 2 saturated heterocycles. The van der Waals surface area contributed by atoms with Gasteiger partial charge in [-0.1, -0.05) is 12.2 Å². The minimum absolute atomic E-state index is 0.103. The maximum atomic E-state index is 11.4. The van der Waals surface area contributed by atoms with Gasteiger partial charge in [0.1, 0.15) is 6.10 Å². The average molecular weight is 286 g/mol. The normalized spacial score (nSPS) is 64.1. The summed E-state index contributed by atoms with van der Waals surface area (Å²) in [7, 11) is 0. The Kier molecular flexibility index (Phi) is 1.98. The Morgan fingerprint density at radius 3 is 2.43 bits per heavy atom. The molecule has 11 atom stereocenters. The van der Waals surface area contributed by atoms with Gasteiger partial charge in [0, 0.05) is 12.8 Å². The Morgan fingerprint density at radius 1 is 1.00 bits per heavy atom. The maximum Gasteiger partial charge on any atom is 0.302 e. The zero-order valence-electron chi connectivity index (χ0n) is 12.4. The van der Waals surface area contributed by atoms with Crippen molar-refractivity contribution in [2.24, 2.45) is 47.3 Å². The van der Waals surface area contributed by atoms with Crippen LogP contribution in [-0.4, -0.2) is 24.3 Å². The number of esters is 1. The van der Waals surface area contributed by atoms with Crippen molar-refractivity contribution in [1.29, 1.82) is 0 Å². The van der Waals surface area contributed by atoms with E-state index in [2.05, 4.69) is 12.2 Å². The van der Waals surface area contributed by atoms with E-state index >= 15 is 0 Å². The molecule has 3 nitrogen and oxygen atoms in total. The fourth-order valence-corrected chi connectivity index (χ4v) is 7.57. The van der Waals surface area contributed by atoms with Gasteiger partial charge in [-0.2, -0.15) is 0 Å². The molecule has 5 fully saturated rings. The first kappa shape index (κ1) is 11.7. The van der Waals surface area contributed by atoms with Crippen LogP contribution in [0.3, 0.4) is 0 Å². The van der Waals surface area contributed by atoms with Crippen LogP contribution >= 0.6 is 0 Å². The van der Waals surface area contributed by atoms with Gasteiger partial charge in [-0.25, -0.2) is 0 Å². The summed E-state index contributed by atoms with van der Waals surface area (Å²) in [5.74, 6) is 5.89. The second-order valence-corrected chi connectivity index (χ2v) is 8.37. The van der Waals surface area contributed by atoms with Gasteiger partial charge in [0.05, 0.1) is 12.2 Å². The van der Waals surface area contributed by atoms with E-state index < -0.39 is 0 Å². The van der Waals surface area contributed by atoms with Crippen molar-refractivity contribution in [2.45, 2.75) is 44.5 Å². The molecule has 0 N–H and O–H groups in total. The Hall–Kier alpha value is -0.830. The Labute approximate surface area is 125 Å². The number of fused-ring (bicyclic) bond motifs is 16. The van der Waals surface area contributed by atoms with Crippen molar-refractivity contribution in [3.63, 3.8) is 0 Å². The van der Waals surface area contributed by atoms with Crippen molar-refractivity contribution in [3.05, 3.63) is 12.2 Å². The number of hydrogen-bond acceptors (Lipinski definition) is 3. The van der Waals surface area contributed by atoms with E-state index in [1.807, 2.05) is 0 Å². The van der Waals surface area contributed by atoms with E-state index in [9.17, 15) is 4.79 Å². The number of allylic oxidation sites excluding steroid dienone is 2. The zero-order valence-corrected chi connectivity index (χ0v) is 12.4. The molecule has 6 bridgehead atoms. The fraction of sp³-hybridized carbons (Fsp3) is 0.833. The van der Waals surface area contributed by atoms with Gasteiger partial charge in [-0.15, -0.1) is 0 Å². The lowest BCUT2D eigenvalue weighted by atomic mass is 9.60. The molecular weight excluding hydrogens is 264 g/mol. The summed E-state index contributed by atoms with van der Waals surface area (Å²) in [5.41, 5.74) is 0. The van der Waals surface area contributed by atoms with E-state index in [1.54, 1.807) is 6.92 Å². The number of carbonyl (C=O) groups is 1. The Bertz CT molecular complexity index is 555. The number of rotatable bonds is 1. The van der Waals surface area contributed by atoms with Crippen LogP contribution in [-0.2, 0) is 14.3 Å². The average Bonchev–Trinajstić information content (AvgIpc) is 3.22. The first-order valence-corrected chi connectivity index (χ1v) is 8.73. The molecular formula is C18H22O3. The summed E-state index contributed by atoms with van der Waals surface area (Å²) in [5, 5.41) is 0. The largest absolute Gasteiger partial charge is 0.462 e. The predicted molar refractivity (Wildman–Crippen MR) is 75.1 cm³/mol. The third-order valence-corrected chi connectivity index (χ3v) is 7.80. The van der Waals surface area contributed by atoms with E-state index in [-0.39, 0.29) is 12.1 Å². The third-order valence-electron chi connectivity index (χ3n) is 7.80. The van der Waals surface area contributed by atoms with Crippen molar-refractivity contribution >= 4 is 5.97 Å². The van der Waals surface area contributed by atoms with Gasteiger partial charge in [-0.05, 0) is 60.7 Å². The van der Waals surface area contributed by atoms with Crippen LogP contribution in [0.25, 0.3) is 0 Å². The lowest BCUT2D eigenvalue weighted by Gasteiger charge is -2.42. The van der Waals surface area contributed by atoms with Crippen LogP contribution in [0.1, 0.15) is 26.2 Å². The van der Waals surface area contributed by atoms with Crippen LogP contribution in [0.5, 0.6) is 0 Å². The molecule has 11 unspecified atom stereocenters. The van der Waals surface area contributed by atoms with Gasteiger partial charge in [0.25, 0.3) is 0 Å². The second-order valence-electron chi connectivity index (χ2n) is 8.37. The van der Waals surface area contributed by atoms with E-state index in [0.717, 1.165) is 41.9 Å². The molecule has 4 aliphatic carbocycles. The van der Waals surface area contributed by atoms with Crippen LogP contribution in [0.15, 0.2) is 12.2 Å². The lowest BCUT2D eigenvalue weighted by molar-refractivity contribution is -0.151. The van der Waals surface area contributed by atoms with Crippen LogP contribution in [0.2, 0.25) is 0 Å². The van der Waals surface area contributed by atoms with E-state index in [0.29, 0.717) is 24.0 Å². The van der Waals surface area contributed by atoms with Crippen molar-refractivity contribution in [2.75, 3.05) is 0 Å². The highest BCUT2D eigenvalue weighted by Gasteiger charge is 2.72. The van der Waals surface area contributed by atoms with Crippen molar-refractivity contribution in [1.82, 2.24) is 0 Å². The summed E-state index contributed by atoms with van der Waals surface area (Å²) in [6.07, 6.45) is 9.88. The molecule has 2 heterocycles. The highest BCUT2D eigenvalue weighted by Crippen LogP contribution is 2.70. The minimum Gasteiger partial charge on any atom is -0.462 e. The molecule has 6 aliphatic rings. The van der Waals surface area contributed by atoms with E-state index in [1.165, 1.54) is 12.8 Å². The van der Waals surface area contributed by atoms with Crippen LogP contribution in [0, 0.1) is 47.3 Å². The van der Waals surface area contributed by atoms with Crippen molar-refractivity contribution < 1.29 is 14.3 Å². The summed E-state index contributed by atoms with van der Waals surface area (Å²) in [4.78, 5) is 11.4. The number of hydrogen-bond donors (Lipinski definition) is 0. The first-order chi connectivity index (χ1) is 10.2. The molecule has 0 spiro atoms. The molecule has 3 heteroatoms. The SMILES string of the molecule is CC(=O)OC1CC2CC1C1C3OC(C4C5C=CC(C5)C34)C21. The lowest BCUT2D eigenvalue weighted by Crippen LogP contribution is -2.47. The molecule has 0 aromatic rings. The topological polar surface area (TPSA) is 35.5 Å². The van der Waals surface area contributed by atoms with Gasteiger partial charge in [0.2, 0.25) is 0 Å². The zero-order chi connectivity index (χ0) is 13.9. The Balaban J connectivity index is 1.35. The molecule has 21 heavy (non-hydrogen) atoms. The quantitative estimate of drug-likeness (QED) is 0.548. The molecule has 0 amide bonds. The molecule has 0 aromatic carbocycles. The standard InChI is InChI=1S/C18H22O3/c1-7(19)20-12-6-10-5-11(12)16-15(10)17-13-8-2-3-9(4-8)14(13)18(16)21-17/h2-3,8-18H,4-6H2,1H3. The molecule has 2 aliphatic heterocycles. The highest BCUT2D eigenvalue weighted by molar-refractivity contribution is 5.66. The van der Waals surface area contributed by atoms with Gasteiger partial charge < -0.3 is 9.47 Å². The molecule has 3 saturated carbocycles. The van der Waals surface area contributed by atoms with Crippen LogP contribution < -0.4 is 0 Å². The summed E-state index contributed by atoms with van der Waals surface area (Å²) >= 11 is 0. The smallest absolute Gasteiger partial charge is 0.302 e. The van der Waals surface area contributed by atoms with Gasteiger partial charge >= 0.3 is 5.97 Å². The fourth-order valence-electron chi connectivity index (χ4n) is 7.57. The minimum atomic E-state index is -0.103. The number of ether oxygens (including phenoxy) is 2. The predicted octanol–water partition coefficient (Wildman–Crippen LogP) is 2.41. The molecule has 0 aromatic heterocycles. The molecule has 112 valence electrons. The third kappa shape index (κ3) is 1.22. The Morgan fingerprint density at radius 2 is 1.71 bits per heavy atom. The number of carbonyl (C=O) groups excluding carboxylic acids is 1. The second kappa shape index (κ2) is 3.56. The van der Waals surface area contributed by atoms with Gasteiger partial charge in [-0.3, -0.25) is 4.79 Å². The first-order valence-electron chi connectivity index (χ1n) is 8.73. The van der Waals surface area contributed by atoms with Crippen LogP contribution in [0.4, 0.5) is 0 Å². The van der Waals surface area contributed by atoms with Crippen molar-refractivity contribution in [3.8, 4) is 0 Å². The summed E-state index contributed by atoms with van der Waals surface area (Å²) in [6.45, 7) is 1.55. The summed E-state index contributed by atoms with van der Waals surface area (Å²) < 4.78 is 12.2. The maximum absolute atomic E-state index is 11.4. The summed E-state index contributed by atoms with van der Waals surface area (Å²) in [6, 6.07) is 0. The van der Waals surface area contributed by atoms with E-state index in [4.69, 9.17) is 9.47 Å². The molecule has 0 radical (unpaired) electrons.